The van der Waals surface area contributed by atoms with Crippen molar-refractivity contribution in [1.29, 1.82) is 0 Å². The molecule has 1 aliphatic rings. The van der Waals surface area contributed by atoms with E-state index in [1.165, 1.54) is 18.2 Å². The number of hydrogen-bond acceptors (Lipinski definition) is 3. The Hall–Kier alpha value is -0.950. The summed E-state index contributed by atoms with van der Waals surface area (Å²) in [6.07, 6.45) is -1.51. The number of aliphatic hydroxyl groups excluding tert-OH is 1. The average Bonchev–Trinajstić information content (AvgIpc) is 2.34. The third-order valence-electron chi connectivity index (χ3n) is 3.24. The highest BCUT2D eigenvalue weighted by Crippen LogP contribution is 2.33. The van der Waals surface area contributed by atoms with Gasteiger partial charge in [-0.2, -0.15) is 0 Å². The Kier molecular flexibility index (Phi) is 4.80. The number of alkyl halides is 3. The molecule has 1 aromatic rings. The largest absolute Gasteiger partial charge is 0.573 e. The predicted molar refractivity (Wildman–Crippen MR) is 72.7 cm³/mol. The maximum atomic E-state index is 12.2. The summed E-state index contributed by atoms with van der Waals surface area (Å²) < 4.78 is 40.5. The van der Waals surface area contributed by atoms with Crippen LogP contribution >= 0.6 is 15.9 Å². The molecule has 2 rings (SSSR count). The van der Waals surface area contributed by atoms with Crippen LogP contribution in [0.1, 0.15) is 25.7 Å². The van der Waals surface area contributed by atoms with E-state index in [-0.39, 0.29) is 16.3 Å². The Balaban J connectivity index is 2.05. The van der Waals surface area contributed by atoms with E-state index in [2.05, 4.69) is 26.0 Å². The van der Waals surface area contributed by atoms with Crippen molar-refractivity contribution in [3.63, 3.8) is 0 Å². The predicted octanol–water partition coefficient (Wildman–Crippen LogP) is 4.06. The molecule has 0 amide bonds. The highest BCUT2D eigenvalue weighted by atomic mass is 79.9. The number of aliphatic hydroxyl groups is 1. The van der Waals surface area contributed by atoms with Gasteiger partial charge in [-0.1, -0.05) is 12.8 Å². The van der Waals surface area contributed by atoms with E-state index in [9.17, 15) is 18.3 Å². The summed E-state index contributed by atoms with van der Waals surface area (Å²) in [4.78, 5) is 0. The Bertz CT molecular complexity index is 467. The average molecular weight is 354 g/mol. The molecule has 0 bridgehead atoms. The molecule has 0 radical (unpaired) electrons. The molecule has 0 aliphatic heterocycles. The second kappa shape index (κ2) is 6.22. The molecule has 1 fully saturated rings. The molecule has 0 heterocycles. The fraction of sp³-hybridized carbons (Fsp3) is 0.538. The third-order valence-corrected chi connectivity index (χ3v) is 3.86. The summed E-state index contributed by atoms with van der Waals surface area (Å²) in [7, 11) is 0. The van der Waals surface area contributed by atoms with E-state index < -0.39 is 12.5 Å². The van der Waals surface area contributed by atoms with Gasteiger partial charge in [-0.05, 0) is 47.0 Å². The van der Waals surface area contributed by atoms with Gasteiger partial charge in [0.25, 0.3) is 0 Å². The van der Waals surface area contributed by atoms with Gasteiger partial charge in [-0.15, -0.1) is 13.2 Å². The smallest absolute Gasteiger partial charge is 0.405 e. The summed E-state index contributed by atoms with van der Waals surface area (Å²) in [5.41, 5.74) is 0.650. The van der Waals surface area contributed by atoms with Gasteiger partial charge >= 0.3 is 6.36 Å². The van der Waals surface area contributed by atoms with Crippen molar-refractivity contribution in [3.8, 4) is 5.75 Å². The second-order valence-electron chi connectivity index (χ2n) is 4.80. The van der Waals surface area contributed by atoms with Crippen LogP contribution in [0.25, 0.3) is 0 Å². The normalized spacial score (nSPS) is 23.4. The minimum Gasteiger partial charge on any atom is -0.405 e. The van der Waals surface area contributed by atoms with Crippen LogP contribution < -0.4 is 10.1 Å². The highest BCUT2D eigenvalue weighted by molar-refractivity contribution is 9.10. The van der Waals surface area contributed by atoms with E-state index in [1.807, 2.05) is 0 Å². The number of halogens is 4. The van der Waals surface area contributed by atoms with Gasteiger partial charge in [-0.3, -0.25) is 0 Å². The fourth-order valence-electron chi connectivity index (χ4n) is 2.29. The number of rotatable bonds is 3. The van der Waals surface area contributed by atoms with Gasteiger partial charge in [-0.25, -0.2) is 0 Å². The van der Waals surface area contributed by atoms with Crippen LogP contribution in [-0.4, -0.2) is 23.6 Å². The molecule has 1 aromatic carbocycles. The molecule has 1 aliphatic carbocycles. The number of anilines is 1. The van der Waals surface area contributed by atoms with Crippen molar-refractivity contribution in [2.45, 2.75) is 44.2 Å². The van der Waals surface area contributed by atoms with Gasteiger partial charge in [0.15, 0.2) is 0 Å². The maximum Gasteiger partial charge on any atom is 0.573 e. The zero-order valence-electron chi connectivity index (χ0n) is 10.6. The Labute approximate surface area is 123 Å². The van der Waals surface area contributed by atoms with Crippen molar-refractivity contribution in [1.82, 2.24) is 0 Å². The topological polar surface area (TPSA) is 41.5 Å². The summed E-state index contributed by atoms with van der Waals surface area (Å²) in [6, 6.07) is 4.20. The van der Waals surface area contributed by atoms with Crippen molar-refractivity contribution >= 4 is 21.6 Å². The molecule has 112 valence electrons. The summed E-state index contributed by atoms with van der Waals surface area (Å²) in [5, 5.41) is 13.0. The second-order valence-corrected chi connectivity index (χ2v) is 5.65. The molecular weight excluding hydrogens is 339 g/mol. The molecule has 2 N–H and O–H groups in total. The van der Waals surface area contributed by atoms with Gasteiger partial charge in [0, 0.05) is 5.69 Å². The maximum absolute atomic E-state index is 12.2. The van der Waals surface area contributed by atoms with Crippen LogP contribution in [0.2, 0.25) is 0 Å². The number of ether oxygens (including phenoxy) is 1. The monoisotopic (exact) mass is 353 g/mol. The number of nitrogens with one attached hydrogen (secondary N) is 1. The Morgan fingerprint density at radius 3 is 2.55 bits per heavy atom. The quantitative estimate of drug-likeness (QED) is 0.860. The summed E-state index contributed by atoms with van der Waals surface area (Å²) in [6.45, 7) is 0. The first kappa shape index (κ1) is 15.4. The fourth-order valence-corrected chi connectivity index (χ4v) is 2.75. The minimum atomic E-state index is -4.71. The molecule has 1 saturated carbocycles. The lowest BCUT2D eigenvalue weighted by Crippen LogP contribution is -2.36. The lowest BCUT2D eigenvalue weighted by atomic mass is 9.92. The van der Waals surface area contributed by atoms with Crippen molar-refractivity contribution in [3.05, 3.63) is 22.7 Å². The zero-order chi connectivity index (χ0) is 14.8. The molecule has 20 heavy (non-hydrogen) atoms. The Morgan fingerprint density at radius 2 is 1.95 bits per heavy atom. The van der Waals surface area contributed by atoms with Crippen LogP contribution in [0.15, 0.2) is 22.7 Å². The SMILES string of the molecule is O[C@H]1CCCC[C@@H]1Nc1ccc(OC(F)(F)F)c(Br)c1. The van der Waals surface area contributed by atoms with Crippen molar-refractivity contribution in [2.24, 2.45) is 0 Å². The van der Waals surface area contributed by atoms with Gasteiger partial charge in [0.05, 0.1) is 16.6 Å². The van der Waals surface area contributed by atoms with Crippen LogP contribution in [0.5, 0.6) is 5.75 Å². The minimum absolute atomic E-state index is 0.0648. The number of hydrogen-bond donors (Lipinski definition) is 2. The first-order chi connectivity index (χ1) is 9.35. The molecule has 3 nitrogen and oxygen atoms in total. The van der Waals surface area contributed by atoms with E-state index in [1.54, 1.807) is 0 Å². The van der Waals surface area contributed by atoms with Crippen LogP contribution in [0, 0.1) is 0 Å². The van der Waals surface area contributed by atoms with E-state index in [0.29, 0.717) is 5.69 Å². The highest BCUT2D eigenvalue weighted by Gasteiger charge is 2.32. The third kappa shape index (κ3) is 4.28. The van der Waals surface area contributed by atoms with Crippen molar-refractivity contribution in [2.75, 3.05) is 5.32 Å². The first-order valence-electron chi connectivity index (χ1n) is 6.35. The van der Waals surface area contributed by atoms with Crippen LogP contribution in [0.3, 0.4) is 0 Å². The summed E-state index contributed by atoms with van der Waals surface area (Å²) >= 11 is 3.05. The molecular formula is C13H15BrF3NO2. The van der Waals surface area contributed by atoms with Gasteiger partial charge in [0.2, 0.25) is 0 Å². The standard InChI is InChI=1S/C13H15BrF3NO2/c14-9-7-8(5-6-12(9)20-13(15,16)17)18-10-3-1-2-4-11(10)19/h5-7,10-11,18-19H,1-4H2/t10-,11-/m0/s1. The van der Waals surface area contributed by atoms with Crippen LogP contribution in [0.4, 0.5) is 18.9 Å². The molecule has 7 heteroatoms. The number of benzene rings is 1. The summed E-state index contributed by atoms with van der Waals surface area (Å²) in [5.74, 6) is -0.285. The van der Waals surface area contributed by atoms with E-state index in [4.69, 9.17) is 0 Å². The molecule has 0 unspecified atom stereocenters. The van der Waals surface area contributed by atoms with E-state index in [0.717, 1.165) is 25.7 Å². The lowest BCUT2D eigenvalue weighted by Gasteiger charge is -2.29. The lowest BCUT2D eigenvalue weighted by molar-refractivity contribution is -0.274. The van der Waals surface area contributed by atoms with Gasteiger partial charge < -0.3 is 15.2 Å². The molecule has 0 saturated heterocycles. The molecule has 0 spiro atoms. The van der Waals surface area contributed by atoms with Crippen molar-refractivity contribution < 1.29 is 23.0 Å². The zero-order valence-corrected chi connectivity index (χ0v) is 12.2. The first-order valence-corrected chi connectivity index (χ1v) is 7.14. The van der Waals surface area contributed by atoms with Crippen LogP contribution in [-0.2, 0) is 0 Å². The van der Waals surface area contributed by atoms with Gasteiger partial charge in [0.1, 0.15) is 5.75 Å². The van der Waals surface area contributed by atoms with E-state index >= 15 is 0 Å². The molecule has 0 aromatic heterocycles. The molecule has 2 atom stereocenters. The Morgan fingerprint density at radius 1 is 1.25 bits per heavy atom.